The molecule has 1 atom stereocenters. The molecule has 0 fully saturated rings. The van der Waals surface area contributed by atoms with E-state index in [4.69, 9.17) is 14.2 Å². The Morgan fingerprint density at radius 2 is 0.494 bits per heavy atom. The van der Waals surface area contributed by atoms with E-state index in [-0.39, 0.29) is 31.1 Å². The maximum Gasteiger partial charge on any atom is 0.306 e. The van der Waals surface area contributed by atoms with Crippen molar-refractivity contribution >= 4 is 17.9 Å². The molecule has 6 nitrogen and oxygen atoms in total. The van der Waals surface area contributed by atoms with Gasteiger partial charge in [-0.2, -0.15) is 0 Å². The van der Waals surface area contributed by atoms with Crippen molar-refractivity contribution in [2.24, 2.45) is 0 Å². The van der Waals surface area contributed by atoms with Gasteiger partial charge in [0.25, 0.3) is 0 Å². The van der Waals surface area contributed by atoms with E-state index in [1.165, 1.54) is 141 Å². The lowest BCUT2D eigenvalue weighted by molar-refractivity contribution is -0.167. The molecule has 0 aliphatic carbocycles. The average molecular weight is 1100 g/mol. The second-order valence-electron chi connectivity index (χ2n) is 22.0. The normalized spacial score (nSPS) is 12.8. The SMILES string of the molecule is CC/C=C\C/C=C\C/C=C\C/C=C\C/C=C\C/C=C\CCCCCCCCC(=O)OCC(COC(=O)CCCCCCC/C=C\C/C=C\CCCCC)OC(=O)CCCCCCCCCCC/C=C\CCCCCCCCCC. The van der Waals surface area contributed by atoms with E-state index in [1.54, 1.807) is 0 Å². The third-order valence-corrected chi connectivity index (χ3v) is 14.2. The molecule has 0 N–H and O–H groups in total. The van der Waals surface area contributed by atoms with Crippen LogP contribution in [0.4, 0.5) is 0 Å². The molecule has 0 aromatic heterocycles. The van der Waals surface area contributed by atoms with E-state index < -0.39 is 6.10 Å². The van der Waals surface area contributed by atoms with Crippen LogP contribution < -0.4 is 0 Å². The Hall–Kier alpha value is -3.93. The minimum absolute atomic E-state index is 0.0910. The average Bonchev–Trinajstić information content (AvgIpc) is 3.45. The number of carbonyl (C=O) groups excluding carboxylic acids is 3. The fraction of sp³-hybridized carbons (Fsp3) is 0.712. The maximum absolute atomic E-state index is 12.9. The van der Waals surface area contributed by atoms with Gasteiger partial charge in [-0.15, -0.1) is 0 Å². The van der Waals surface area contributed by atoms with E-state index in [2.05, 4.69) is 130 Å². The van der Waals surface area contributed by atoms with E-state index >= 15 is 0 Å². The van der Waals surface area contributed by atoms with Gasteiger partial charge in [0.2, 0.25) is 0 Å². The first-order chi connectivity index (χ1) is 39.0. The molecule has 0 heterocycles. The lowest BCUT2D eigenvalue weighted by atomic mass is 10.1. The standard InChI is InChI=1S/C73H124O6/c1-4-7-10-13-16-19-22-25-28-30-32-34-35-36-37-39-40-42-45-48-51-54-57-60-63-66-72(75)78-69-70(68-77-71(74)65-62-59-56-53-50-47-44-27-24-21-18-15-12-9-6-3)79-73(76)67-64-61-58-55-52-49-46-43-41-38-33-31-29-26-23-20-17-14-11-8-5-2/h7,10,16,18-19,21,25,27-28,31-34,36-37,40,42,44,70H,4-6,8-9,11-15,17,20,22-24,26,29-30,35,38-39,41,43,45-69H2,1-3H3/b10-7-,19-16-,21-18-,28-25-,33-31-,34-32-,37-36-,42-40-,44-27-. The summed E-state index contributed by atoms with van der Waals surface area (Å²) >= 11 is 0. The van der Waals surface area contributed by atoms with Gasteiger partial charge in [-0.1, -0.05) is 278 Å². The Kier molecular flexibility index (Phi) is 63.3. The summed E-state index contributed by atoms with van der Waals surface area (Å²) in [5, 5.41) is 0. The monoisotopic (exact) mass is 1100 g/mol. The van der Waals surface area contributed by atoms with Crippen LogP contribution in [0.5, 0.6) is 0 Å². The van der Waals surface area contributed by atoms with Crippen molar-refractivity contribution in [2.45, 2.75) is 322 Å². The third kappa shape index (κ3) is 64.8. The van der Waals surface area contributed by atoms with Crippen molar-refractivity contribution in [1.29, 1.82) is 0 Å². The highest BCUT2D eigenvalue weighted by Crippen LogP contribution is 2.16. The Labute approximate surface area is 489 Å². The Bertz CT molecular complexity index is 1590. The minimum atomic E-state index is -0.795. The summed E-state index contributed by atoms with van der Waals surface area (Å²) in [5.74, 6) is -0.911. The van der Waals surface area contributed by atoms with Gasteiger partial charge in [-0.25, -0.2) is 0 Å². The topological polar surface area (TPSA) is 78.9 Å². The molecule has 79 heavy (non-hydrogen) atoms. The number of esters is 3. The van der Waals surface area contributed by atoms with Gasteiger partial charge in [0.1, 0.15) is 13.2 Å². The summed E-state index contributed by atoms with van der Waals surface area (Å²) in [5.41, 5.74) is 0. The lowest BCUT2D eigenvalue weighted by Crippen LogP contribution is -2.30. The summed E-state index contributed by atoms with van der Waals surface area (Å²) < 4.78 is 16.9. The molecule has 6 heteroatoms. The number of unbranched alkanes of at least 4 members (excludes halogenated alkanes) is 31. The quantitative estimate of drug-likeness (QED) is 0.0261. The van der Waals surface area contributed by atoms with Crippen LogP contribution in [-0.4, -0.2) is 37.2 Å². The zero-order valence-corrected chi connectivity index (χ0v) is 51.9. The molecule has 0 spiro atoms. The van der Waals surface area contributed by atoms with Gasteiger partial charge in [0, 0.05) is 19.3 Å². The van der Waals surface area contributed by atoms with Gasteiger partial charge >= 0.3 is 17.9 Å². The minimum Gasteiger partial charge on any atom is -0.462 e. The predicted molar refractivity (Wildman–Crippen MR) is 343 cm³/mol. The molecule has 0 aromatic carbocycles. The second-order valence-corrected chi connectivity index (χ2v) is 22.0. The smallest absolute Gasteiger partial charge is 0.306 e. The number of hydrogen-bond acceptors (Lipinski definition) is 6. The highest BCUT2D eigenvalue weighted by molar-refractivity contribution is 5.71. The van der Waals surface area contributed by atoms with E-state index in [0.717, 1.165) is 135 Å². The number of ether oxygens (including phenoxy) is 3. The Morgan fingerprint density at radius 3 is 0.810 bits per heavy atom. The predicted octanol–water partition coefficient (Wildman–Crippen LogP) is 23.0. The maximum atomic E-state index is 12.9. The zero-order chi connectivity index (χ0) is 57.1. The highest BCUT2D eigenvalue weighted by atomic mass is 16.6. The van der Waals surface area contributed by atoms with Gasteiger partial charge in [-0.05, 0) is 128 Å². The first-order valence-corrected chi connectivity index (χ1v) is 33.4. The molecule has 0 radical (unpaired) electrons. The summed E-state index contributed by atoms with van der Waals surface area (Å²) in [6.07, 6.45) is 90.9. The van der Waals surface area contributed by atoms with Crippen LogP contribution in [0.15, 0.2) is 109 Å². The Morgan fingerprint density at radius 1 is 0.266 bits per heavy atom. The van der Waals surface area contributed by atoms with Gasteiger partial charge < -0.3 is 14.2 Å². The molecule has 0 aromatic rings. The molecule has 0 aliphatic rings. The van der Waals surface area contributed by atoms with Gasteiger partial charge in [0.05, 0.1) is 0 Å². The van der Waals surface area contributed by atoms with E-state index in [0.29, 0.717) is 19.3 Å². The first-order valence-electron chi connectivity index (χ1n) is 33.4. The lowest BCUT2D eigenvalue weighted by Gasteiger charge is -2.18. The summed E-state index contributed by atoms with van der Waals surface area (Å²) in [4.78, 5) is 38.4. The van der Waals surface area contributed by atoms with Crippen LogP contribution in [0.25, 0.3) is 0 Å². The molecule has 0 saturated heterocycles. The highest BCUT2D eigenvalue weighted by Gasteiger charge is 2.19. The molecular formula is C73H124O6. The number of hydrogen-bond donors (Lipinski definition) is 0. The van der Waals surface area contributed by atoms with Crippen molar-refractivity contribution in [3.8, 4) is 0 Å². The molecular weight excluding hydrogens is 973 g/mol. The van der Waals surface area contributed by atoms with E-state index in [9.17, 15) is 14.4 Å². The van der Waals surface area contributed by atoms with Crippen LogP contribution in [0.1, 0.15) is 316 Å². The molecule has 0 rings (SSSR count). The molecule has 0 bridgehead atoms. The van der Waals surface area contributed by atoms with E-state index in [1.807, 2.05) is 0 Å². The summed E-state index contributed by atoms with van der Waals surface area (Å²) in [6.45, 7) is 6.50. The summed E-state index contributed by atoms with van der Waals surface area (Å²) in [7, 11) is 0. The fourth-order valence-electron chi connectivity index (χ4n) is 9.24. The largest absolute Gasteiger partial charge is 0.462 e. The number of rotatable bonds is 60. The van der Waals surface area contributed by atoms with Crippen LogP contribution in [-0.2, 0) is 28.6 Å². The van der Waals surface area contributed by atoms with Crippen LogP contribution in [0.3, 0.4) is 0 Å². The van der Waals surface area contributed by atoms with Crippen LogP contribution in [0, 0.1) is 0 Å². The molecule has 0 amide bonds. The third-order valence-electron chi connectivity index (χ3n) is 14.2. The van der Waals surface area contributed by atoms with Crippen molar-refractivity contribution in [2.75, 3.05) is 13.2 Å². The first kappa shape index (κ1) is 75.1. The molecule has 0 aliphatic heterocycles. The van der Waals surface area contributed by atoms with Gasteiger partial charge in [-0.3, -0.25) is 14.4 Å². The van der Waals surface area contributed by atoms with Crippen molar-refractivity contribution in [3.05, 3.63) is 109 Å². The number of allylic oxidation sites excluding steroid dienone is 18. The fourth-order valence-corrected chi connectivity index (χ4v) is 9.24. The molecule has 452 valence electrons. The molecule has 0 saturated carbocycles. The van der Waals surface area contributed by atoms with Crippen LogP contribution in [0.2, 0.25) is 0 Å². The van der Waals surface area contributed by atoms with Crippen molar-refractivity contribution in [3.63, 3.8) is 0 Å². The number of carbonyl (C=O) groups is 3. The van der Waals surface area contributed by atoms with Crippen molar-refractivity contribution < 1.29 is 28.6 Å². The summed E-state index contributed by atoms with van der Waals surface area (Å²) in [6, 6.07) is 0. The van der Waals surface area contributed by atoms with Gasteiger partial charge in [0.15, 0.2) is 6.10 Å². The zero-order valence-electron chi connectivity index (χ0n) is 51.9. The molecule has 1 unspecified atom stereocenters. The van der Waals surface area contributed by atoms with Crippen molar-refractivity contribution in [1.82, 2.24) is 0 Å². The van der Waals surface area contributed by atoms with Crippen LogP contribution >= 0.6 is 0 Å². The second kappa shape index (κ2) is 66.6. The Balaban J connectivity index is 4.41.